The topological polar surface area (TPSA) is 136 Å². The molecule has 4 aromatic rings. The Morgan fingerprint density at radius 3 is 2.78 bits per heavy atom. The number of aromatic amines is 1. The summed E-state index contributed by atoms with van der Waals surface area (Å²) < 4.78 is 6.70. The first-order valence-corrected chi connectivity index (χ1v) is 12.1. The predicted octanol–water partition coefficient (Wildman–Crippen LogP) is 2.08. The number of hydrogen-bond donors (Lipinski definition) is 4. The monoisotopic (exact) mass is 490 g/mol. The van der Waals surface area contributed by atoms with Crippen molar-refractivity contribution < 1.29 is 19.7 Å². The van der Waals surface area contributed by atoms with Crippen LogP contribution in [0.3, 0.4) is 0 Å². The van der Waals surface area contributed by atoms with Crippen LogP contribution in [0.5, 0.6) is 5.75 Å². The van der Waals surface area contributed by atoms with E-state index < -0.39 is 12.7 Å². The number of amides is 1. The average molecular weight is 491 g/mol. The first-order chi connectivity index (χ1) is 17.5. The fourth-order valence-electron chi connectivity index (χ4n) is 4.82. The molecule has 0 radical (unpaired) electrons. The van der Waals surface area contributed by atoms with E-state index in [1.165, 1.54) is 18.2 Å². The number of fused-ring (bicyclic) bond motifs is 2. The number of benzene rings is 2. The van der Waals surface area contributed by atoms with E-state index in [-0.39, 0.29) is 24.6 Å². The number of imidazole rings is 1. The van der Waals surface area contributed by atoms with E-state index in [2.05, 4.69) is 25.3 Å². The van der Waals surface area contributed by atoms with E-state index in [4.69, 9.17) is 4.74 Å². The van der Waals surface area contributed by atoms with E-state index in [9.17, 15) is 15.0 Å². The van der Waals surface area contributed by atoms with Gasteiger partial charge >= 0.3 is 0 Å². The Kier molecular flexibility index (Phi) is 7.08. The number of aliphatic hydroxyl groups excluding tert-OH is 2. The van der Waals surface area contributed by atoms with E-state index in [1.54, 1.807) is 6.33 Å². The summed E-state index contributed by atoms with van der Waals surface area (Å²) in [7, 11) is 0. The molecular weight excluding hydrogens is 460 g/mol. The molecule has 0 aliphatic carbocycles. The third-order valence-electron chi connectivity index (χ3n) is 6.66. The highest BCUT2D eigenvalue weighted by atomic mass is 16.5. The van der Waals surface area contributed by atoms with E-state index in [0.717, 1.165) is 41.4 Å². The molecule has 10 nitrogen and oxygen atoms in total. The van der Waals surface area contributed by atoms with Gasteiger partial charge in [0, 0.05) is 25.4 Å². The van der Waals surface area contributed by atoms with Gasteiger partial charge in [-0.2, -0.15) is 0 Å². The van der Waals surface area contributed by atoms with Crippen LogP contribution >= 0.6 is 0 Å². The SMILES string of the molecule is CC(=O)N(Cc1ccc(O[C@@H](c2ncnc3[nH]cnc23)C2CCCN2)c2ccccc12)CC(O)CO. The number of carbonyl (C=O) groups excluding carboxylic acids is 1. The van der Waals surface area contributed by atoms with Gasteiger partial charge in [0.25, 0.3) is 0 Å². The molecule has 1 aliphatic rings. The molecule has 1 aliphatic heterocycles. The number of H-pyrrole nitrogens is 1. The van der Waals surface area contributed by atoms with Crippen molar-refractivity contribution in [2.45, 2.75) is 44.6 Å². The maximum atomic E-state index is 12.2. The van der Waals surface area contributed by atoms with E-state index in [0.29, 0.717) is 23.5 Å². The molecule has 36 heavy (non-hydrogen) atoms. The lowest BCUT2D eigenvalue weighted by molar-refractivity contribution is -0.131. The number of nitrogens with zero attached hydrogens (tertiary/aromatic N) is 4. The number of nitrogens with one attached hydrogen (secondary N) is 2. The molecule has 188 valence electrons. The molecular formula is C26H30N6O4. The third kappa shape index (κ3) is 4.88. The minimum atomic E-state index is -0.991. The maximum absolute atomic E-state index is 12.2. The molecule has 3 heterocycles. The molecule has 2 aromatic heterocycles. The van der Waals surface area contributed by atoms with Gasteiger partial charge in [-0.05, 0) is 36.4 Å². The molecule has 0 spiro atoms. The second-order valence-electron chi connectivity index (χ2n) is 9.10. The minimum Gasteiger partial charge on any atom is -0.482 e. The van der Waals surface area contributed by atoms with Crippen molar-refractivity contribution in [3.63, 3.8) is 0 Å². The van der Waals surface area contributed by atoms with Gasteiger partial charge in [-0.3, -0.25) is 4.79 Å². The largest absolute Gasteiger partial charge is 0.482 e. The van der Waals surface area contributed by atoms with Crippen LogP contribution in [-0.2, 0) is 11.3 Å². The van der Waals surface area contributed by atoms with Crippen LogP contribution in [0.25, 0.3) is 21.9 Å². The fourth-order valence-corrected chi connectivity index (χ4v) is 4.82. The molecule has 5 rings (SSSR count). The number of carbonyl (C=O) groups is 1. The lowest BCUT2D eigenvalue weighted by Crippen LogP contribution is -2.37. The van der Waals surface area contributed by atoms with Crippen LogP contribution in [0.15, 0.2) is 49.1 Å². The van der Waals surface area contributed by atoms with Crippen LogP contribution in [0.4, 0.5) is 0 Å². The summed E-state index contributed by atoms with van der Waals surface area (Å²) in [5.74, 6) is 0.533. The molecule has 1 amide bonds. The standard InChI is InChI=1S/C26H30N6O4/c1-16(34)32(12-18(35)13-33)11-17-8-9-22(20-6-3-2-5-19(17)20)36-25(21-7-4-10-27-21)23-24-26(30-14-28-23)31-15-29-24/h2-3,5-6,8-9,14-15,18,21,25,27,33,35H,4,7,10-13H2,1H3,(H,28,29,30,31)/t18?,21?,25-/m1/s1. The zero-order chi connectivity index (χ0) is 25.1. The molecule has 0 saturated carbocycles. The van der Waals surface area contributed by atoms with Crippen molar-refractivity contribution in [3.8, 4) is 5.75 Å². The number of aliphatic hydroxyl groups is 2. The highest BCUT2D eigenvalue weighted by Crippen LogP contribution is 2.35. The van der Waals surface area contributed by atoms with Crippen LogP contribution in [0.2, 0.25) is 0 Å². The quantitative estimate of drug-likeness (QED) is 0.280. The fraction of sp³-hybridized carbons (Fsp3) is 0.385. The van der Waals surface area contributed by atoms with Crippen molar-refractivity contribution >= 4 is 27.8 Å². The Morgan fingerprint density at radius 1 is 1.19 bits per heavy atom. The summed E-state index contributed by atoms with van der Waals surface area (Å²) in [5, 5.41) is 24.5. The third-order valence-corrected chi connectivity index (χ3v) is 6.66. The Hall–Kier alpha value is -3.60. The van der Waals surface area contributed by atoms with Crippen LogP contribution < -0.4 is 10.1 Å². The smallest absolute Gasteiger partial charge is 0.219 e. The zero-order valence-electron chi connectivity index (χ0n) is 20.1. The van der Waals surface area contributed by atoms with Crippen LogP contribution in [0, 0.1) is 0 Å². The summed E-state index contributed by atoms with van der Waals surface area (Å²) >= 11 is 0. The van der Waals surface area contributed by atoms with E-state index >= 15 is 0 Å². The molecule has 2 aromatic carbocycles. The Bertz CT molecular complexity index is 1350. The van der Waals surface area contributed by atoms with Gasteiger partial charge in [-0.15, -0.1) is 0 Å². The van der Waals surface area contributed by atoms with Gasteiger partial charge in [0.15, 0.2) is 11.8 Å². The summed E-state index contributed by atoms with van der Waals surface area (Å²) in [6.07, 6.45) is 3.79. The number of aromatic nitrogens is 4. The number of ether oxygens (including phenoxy) is 1. The lowest BCUT2D eigenvalue weighted by Gasteiger charge is -2.27. The van der Waals surface area contributed by atoms with Crippen molar-refractivity contribution in [1.82, 2.24) is 30.2 Å². The van der Waals surface area contributed by atoms with Crippen molar-refractivity contribution in [2.75, 3.05) is 19.7 Å². The van der Waals surface area contributed by atoms with Gasteiger partial charge in [-0.1, -0.05) is 30.3 Å². The summed E-state index contributed by atoms with van der Waals surface area (Å²) in [5.41, 5.74) is 3.01. The molecule has 4 N–H and O–H groups in total. The van der Waals surface area contributed by atoms with Gasteiger partial charge in [0.2, 0.25) is 5.91 Å². The summed E-state index contributed by atoms with van der Waals surface area (Å²) in [6, 6.07) is 11.8. The first-order valence-electron chi connectivity index (χ1n) is 12.1. The Balaban J connectivity index is 1.51. The second-order valence-corrected chi connectivity index (χ2v) is 9.10. The van der Waals surface area contributed by atoms with Crippen molar-refractivity contribution in [2.24, 2.45) is 0 Å². The molecule has 2 unspecified atom stereocenters. The lowest BCUT2D eigenvalue weighted by atomic mass is 10.0. The van der Waals surface area contributed by atoms with Crippen molar-refractivity contribution in [1.29, 1.82) is 0 Å². The molecule has 3 atom stereocenters. The summed E-state index contributed by atoms with van der Waals surface area (Å²) in [4.78, 5) is 30.1. The van der Waals surface area contributed by atoms with Gasteiger partial charge in [-0.25, -0.2) is 15.0 Å². The van der Waals surface area contributed by atoms with Crippen molar-refractivity contribution in [3.05, 3.63) is 60.3 Å². The highest BCUT2D eigenvalue weighted by Gasteiger charge is 2.32. The predicted molar refractivity (Wildman–Crippen MR) is 134 cm³/mol. The highest BCUT2D eigenvalue weighted by molar-refractivity contribution is 5.91. The zero-order valence-corrected chi connectivity index (χ0v) is 20.1. The van der Waals surface area contributed by atoms with Crippen LogP contribution in [-0.4, -0.2) is 72.8 Å². The van der Waals surface area contributed by atoms with Gasteiger partial charge in [0.05, 0.1) is 25.1 Å². The van der Waals surface area contributed by atoms with E-state index in [1.807, 2.05) is 36.4 Å². The van der Waals surface area contributed by atoms with Gasteiger partial charge in [0.1, 0.15) is 23.3 Å². The normalized spacial score (nSPS) is 17.4. The Morgan fingerprint density at radius 2 is 2.03 bits per heavy atom. The second kappa shape index (κ2) is 10.6. The number of hydrogen-bond acceptors (Lipinski definition) is 8. The minimum absolute atomic E-state index is 0.0568. The Labute approximate surface area is 208 Å². The van der Waals surface area contributed by atoms with Crippen LogP contribution in [0.1, 0.15) is 37.1 Å². The summed E-state index contributed by atoms with van der Waals surface area (Å²) in [6.45, 7) is 2.34. The number of rotatable bonds is 9. The molecule has 10 heteroatoms. The average Bonchev–Trinajstić information content (AvgIpc) is 3.60. The molecule has 0 bridgehead atoms. The maximum Gasteiger partial charge on any atom is 0.219 e. The molecule has 1 fully saturated rings. The first kappa shape index (κ1) is 24.1. The molecule has 1 saturated heterocycles. The van der Waals surface area contributed by atoms with Gasteiger partial charge < -0.3 is 30.2 Å².